The topological polar surface area (TPSA) is 12.5 Å². The van der Waals surface area contributed by atoms with Gasteiger partial charge in [-0.2, -0.15) is 0 Å². The lowest BCUT2D eigenvalue weighted by Gasteiger charge is -2.61. The van der Waals surface area contributed by atoms with Gasteiger partial charge in [-0.15, -0.1) is 0 Å². The van der Waals surface area contributed by atoms with E-state index >= 15 is 0 Å². The van der Waals surface area contributed by atoms with Crippen LogP contribution in [0.25, 0.3) is 0 Å². The molecule has 1 aliphatic heterocycles. The molecular weight excluding hydrogens is 316 g/mol. The number of hydrogen-bond acceptors (Lipinski definition) is 1. The maximum Gasteiger partial charge on any atom is 0.0810 e. The van der Waals surface area contributed by atoms with Crippen LogP contribution in [0.4, 0.5) is 0 Å². The Bertz CT molecular complexity index is 524. The van der Waals surface area contributed by atoms with E-state index in [4.69, 9.17) is 4.74 Å². The first kappa shape index (κ1) is 18.0. The Morgan fingerprint density at radius 3 is 2.50 bits per heavy atom. The van der Waals surface area contributed by atoms with Crippen LogP contribution < -0.4 is 0 Å². The van der Waals surface area contributed by atoms with Crippen LogP contribution in [0.15, 0.2) is 0 Å². The molecule has 1 heteroatoms. The zero-order valence-electron chi connectivity index (χ0n) is 17.6. The number of hydrogen-bond donors (Lipinski definition) is 0. The fraction of sp³-hybridized carbons (Fsp3) is 1.00. The zero-order valence-corrected chi connectivity index (χ0v) is 17.6. The molecule has 5 fully saturated rings. The normalized spacial score (nSPS) is 54.1. The van der Waals surface area contributed by atoms with Gasteiger partial charge in [-0.05, 0) is 111 Å². The van der Waals surface area contributed by atoms with E-state index in [9.17, 15) is 0 Å². The van der Waals surface area contributed by atoms with Crippen molar-refractivity contribution in [2.45, 2.75) is 104 Å². The summed E-state index contributed by atoms with van der Waals surface area (Å²) in [7, 11) is 0. The Morgan fingerprint density at radius 1 is 0.885 bits per heavy atom. The molecule has 9 atom stereocenters. The van der Waals surface area contributed by atoms with E-state index < -0.39 is 0 Å². The van der Waals surface area contributed by atoms with Crippen LogP contribution in [0.2, 0.25) is 0 Å². The molecule has 8 unspecified atom stereocenters. The molecule has 0 radical (unpaired) electrons. The van der Waals surface area contributed by atoms with Gasteiger partial charge in [-0.25, -0.2) is 0 Å². The van der Waals surface area contributed by atoms with E-state index in [1.165, 1.54) is 38.5 Å². The van der Waals surface area contributed by atoms with Crippen molar-refractivity contribution in [1.82, 2.24) is 0 Å². The predicted molar refractivity (Wildman–Crippen MR) is 108 cm³/mol. The van der Waals surface area contributed by atoms with Crippen LogP contribution in [0.3, 0.4) is 0 Å². The first-order chi connectivity index (χ1) is 12.5. The molecule has 1 saturated heterocycles. The minimum atomic E-state index is 0.625. The molecule has 0 N–H and O–H groups in total. The van der Waals surface area contributed by atoms with Crippen molar-refractivity contribution < 1.29 is 4.74 Å². The Balaban J connectivity index is 1.33. The van der Waals surface area contributed by atoms with E-state index in [0.29, 0.717) is 16.9 Å². The number of epoxide rings is 1. The van der Waals surface area contributed by atoms with Crippen molar-refractivity contribution in [3.8, 4) is 0 Å². The lowest BCUT2D eigenvalue weighted by atomic mass is 9.44. The molecule has 5 rings (SSSR count). The van der Waals surface area contributed by atoms with Crippen molar-refractivity contribution in [1.29, 1.82) is 0 Å². The third kappa shape index (κ3) is 2.73. The van der Waals surface area contributed by atoms with E-state index in [0.717, 1.165) is 42.1 Å². The van der Waals surface area contributed by atoms with Crippen molar-refractivity contribution >= 4 is 0 Å². The van der Waals surface area contributed by atoms with Gasteiger partial charge in [0.15, 0.2) is 0 Å². The number of rotatable bonds is 4. The van der Waals surface area contributed by atoms with Gasteiger partial charge in [0, 0.05) is 0 Å². The molecule has 4 aliphatic carbocycles. The Kier molecular flexibility index (Phi) is 4.50. The first-order valence-electron chi connectivity index (χ1n) is 12.1. The summed E-state index contributed by atoms with van der Waals surface area (Å²) < 4.78 is 5.49. The predicted octanol–water partition coefficient (Wildman–Crippen LogP) is 6.85. The summed E-state index contributed by atoms with van der Waals surface area (Å²) in [5.41, 5.74) is 1.36. The summed E-state index contributed by atoms with van der Waals surface area (Å²) in [4.78, 5) is 0. The molecule has 0 aromatic rings. The molecule has 26 heavy (non-hydrogen) atoms. The summed E-state index contributed by atoms with van der Waals surface area (Å²) in [6, 6.07) is 0. The molecule has 1 nitrogen and oxygen atoms in total. The standard InChI is InChI=1S/C25H42O/c1-17(7-9-19-16-26-19)21-11-12-22-20-10-8-18-6-4-5-14-24(18,2)23(20)13-15-25(21,22)3/h17-23H,4-16H2,1-3H3/t17-,18?,19?,20?,21?,22?,23?,24?,25?/m1/s1. The van der Waals surface area contributed by atoms with Crippen molar-refractivity contribution in [2.75, 3.05) is 6.61 Å². The molecule has 0 bridgehead atoms. The monoisotopic (exact) mass is 358 g/mol. The van der Waals surface area contributed by atoms with Crippen LogP contribution in [-0.4, -0.2) is 12.7 Å². The SMILES string of the molecule is C[C@H](CCC1CO1)C1CCC2C3CCC4CCCCC4(C)C3CCC21C. The minimum Gasteiger partial charge on any atom is -0.373 e. The highest BCUT2D eigenvalue weighted by atomic mass is 16.6. The van der Waals surface area contributed by atoms with Crippen LogP contribution in [0, 0.1) is 46.3 Å². The van der Waals surface area contributed by atoms with Crippen LogP contribution in [0.1, 0.15) is 97.8 Å². The van der Waals surface area contributed by atoms with Crippen LogP contribution in [-0.2, 0) is 4.74 Å². The third-order valence-corrected chi connectivity index (χ3v) is 10.7. The summed E-state index contributed by atoms with van der Waals surface area (Å²) in [6.45, 7) is 9.07. The fourth-order valence-corrected chi connectivity index (χ4v) is 9.16. The average Bonchev–Trinajstić information content (AvgIpc) is 3.39. The molecule has 148 valence electrons. The molecule has 0 spiro atoms. The van der Waals surface area contributed by atoms with Crippen molar-refractivity contribution in [3.05, 3.63) is 0 Å². The quantitative estimate of drug-likeness (QED) is 0.501. The minimum absolute atomic E-state index is 0.625. The Labute approximate surface area is 162 Å². The highest BCUT2D eigenvalue weighted by Crippen LogP contribution is 2.68. The van der Waals surface area contributed by atoms with Gasteiger partial charge < -0.3 is 4.74 Å². The van der Waals surface area contributed by atoms with Crippen LogP contribution in [0.5, 0.6) is 0 Å². The maximum absolute atomic E-state index is 5.49. The van der Waals surface area contributed by atoms with Gasteiger partial charge in [-0.1, -0.05) is 33.6 Å². The largest absolute Gasteiger partial charge is 0.373 e. The van der Waals surface area contributed by atoms with Gasteiger partial charge in [0.2, 0.25) is 0 Å². The van der Waals surface area contributed by atoms with Crippen LogP contribution >= 0.6 is 0 Å². The second kappa shape index (κ2) is 6.50. The van der Waals surface area contributed by atoms with Gasteiger partial charge in [-0.3, -0.25) is 0 Å². The lowest BCUT2D eigenvalue weighted by Crippen LogP contribution is -2.53. The maximum atomic E-state index is 5.49. The number of fused-ring (bicyclic) bond motifs is 5. The molecule has 4 saturated carbocycles. The molecule has 0 aromatic carbocycles. The summed E-state index contributed by atoms with van der Waals surface area (Å²) in [5, 5.41) is 0. The zero-order chi connectivity index (χ0) is 17.9. The molecule has 0 aromatic heterocycles. The van der Waals surface area contributed by atoms with E-state index in [1.54, 1.807) is 38.5 Å². The molecule has 5 aliphatic rings. The van der Waals surface area contributed by atoms with Gasteiger partial charge >= 0.3 is 0 Å². The summed E-state index contributed by atoms with van der Waals surface area (Å²) in [5.74, 6) is 6.14. The fourth-order valence-electron chi connectivity index (χ4n) is 9.16. The lowest BCUT2D eigenvalue weighted by molar-refractivity contribution is -0.114. The van der Waals surface area contributed by atoms with Gasteiger partial charge in [0.1, 0.15) is 0 Å². The highest BCUT2D eigenvalue weighted by molar-refractivity contribution is 5.09. The van der Waals surface area contributed by atoms with Crippen molar-refractivity contribution in [3.63, 3.8) is 0 Å². The third-order valence-electron chi connectivity index (χ3n) is 10.7. The molecule has 1 heterocycles. The van der Waals surface area contributed by atoms with Gasteiger partial charge in [0.25, 0.3) is 0 Å². The number of ether oxygens (including phenoxy) is 1. The van der Waals surface area contributed by atoms with E-state index in [-0.39, 0.29) is 0 Å². The Morgan fingerprint density at radius 2 is 1.69 bits per heavy atom. The first-order valence-corrected chi connectivity index (χ1v) is 12.1. The van der Waals surface area contributed by atoms with Gasteiger partial charge in [0.05, 0.1) is 12.7 Å². The second-order valence-electron chi connectivity index (χ2n) is 11.6. The summed E-state index contributed by atoms with van der Waals surface area (Å²) in [6.07, 6.45) is 18.8. The summed E-state index contributed by atoms with van der Waals surface area (Å²) >= 11 is 0. The Hall–Kier alpha value is -0.0400. The highest BCUT2D eigenvalue weighted by Gasteiger charge is 2.60. The van der Waals surface area contributed by atoms with E-state index in [2.05, 4.69) is 20.8 Å². The van der Waals surface area contributed by atoms with Crippen molar-refractivity contribution in [2.24, 2.45) is 46.3 Å². The smallest absolute Gasteiger partial charge is 0.0810 e. The average molecular weight is 359 g/mol. The second-order valence-corrected chi connectivity index (χ2v) is 11.6. The van der Waals surface area contributed by atoms with E-state index in [1.807, 2.05) is 0 Å². The molecular formula is C25H42O. The molecule has 0 amide bonds.